The van der Waals surface area contributed by atoms with Crippen molar-refractivity contribution in [3.63, 3.8) is 0 Å². The minimum Gasteiger partial charge on any atom is -0.309 e. The molecule has 2 heteroatoms. The highest BCUT2D eigenvalue weighted by Crippen LogP contribution is 2.52. The Kier molecular flexibility index (Phi) is 11.6. The van der Waals surface area contributed by atoms with E-state index in [1.807, 2.05) is 0 Å². The number of para-hydroxylation sites is 2. The Morgan fingerprint density at radius 2 is 0.667 bits per heavy atom. The third-order valence-electron chi connectivity index (χ3n) is 19.8. The molecule has 422 valence electrons. The topological polar surface area (TPSA) is 9.86 Å². The molecule has 2 nitrogen and oxygen atoms in total. The van der Waals surface area contributed by atoms with Crippen molar-refractivity contribution in [2.24, 2.45) is 0 Å². The van der Waals surface area contributed by atoms with Gasteiger partial charge < -0.3 is 9.13 Å². The highest BCUT2D eigenvalue weighted by atomic mass is 15.0. The van der Waals surface area contributed by atoms with E-state index in [2.05, 4.69) is 339 Å². The molecule has 17 aromatic rings. The van der Waals surface area contributed by atoms with Crippen molar-refractivity contribution >= 4 is 104 Å². The fraction of sp³-hybridized carbons (Fsp3) is 0.0455. The number of aromatic nitrogens is 2. The van der Waals surface area contributed by atoms with Crippen LogP contribution < -0.4 is 0 Å². The minimum atomic E-state index is -0.234. The van der Waals surface area contributed by atoms with Crippen LogP contribution in [0.5, 0.6) is 0 Å². The summed E-state index contributed by atoms with van der Waals surface area (Å²) >= 11 is 0. The highest BCUT2D eigenvalue weighted by molar-refractivity contribution is 6.17. The van der Waals surface area contributed by atoms with Gasteiger partial charge in [0.1, 0.15) is 0 Å². The quantitative estimate of drug-likeness (QED) is 0.106. The second-order valence-electron chi connectivity index (χ2n) is 25.0. The van der Waals surface area contributed by atoms with Crippen molar-refractivity contribution < 1.29 is 0 Å². The maximum atomic E-state index is 2.48. The second-order valence-corrected chi connectivity index (χ2v) is 25.0. The van der Waals surface area contributed by atoms with Gasteiger partial charge in [0.25, 0.3) is 0 Å². The summed E-state index contributed by atoms with van der Waals surface area (Å²) in [5.74, 6) is 0. The molecule has 0 N–H and O–H groups in total. The summed E-state index contributed by atoms with van der Waals surface area (Å²) in [5.41, 5.74) is 23.3. The Morgan fingerprint density at radius 3 is 1.20 bits per heavy atom. The molecule has 0 spiro atoms. The van der Waals surface area contributed by atoms with Gasteiger partial charge in [0.15, 0.2) is 0 Å². The van der Waals surface area contributed by atoms with E-state index in [0.717, 1.165) is 5.69 Å². The molecule has 0 saturated carbocycles. The van der Waals surface area contributed by atoms with Crippen molar-refractivity contribution in [2.45, 2.75) is 26.2 Å². The molecular weight excluding hydrogens is 1080 g/mol. The first-order valence-electron chi connectivity index (χ1n) is 31.5. The second kappa shape index (κ2) is 20.1. The molecule has 15 aromatic carbocycles. The van der Waals surface area contributed by atoms with E-state index in [1.165, 1.54) is 175 Å². The lowest BCUT2D eigenvalue weighted by Crippen LogP contribution is -2.15. The van der Waals surface area contributed by atoms with E-state index in [9.17, 15) is 0 Å². The van der Waals surface area contributed by atoms with Gasteiger partial charge in [-0.3, -0.25) is 0 Å². The Balaban J connectivity index is 0.688. The summed E-state index contributed by atoms with van der Waals surface area (Å²) in [7, 11) is 0. The number of fused-ring (bicyclic) bond motifs is 15. The van der Waals surface area contributed by atoms with Gasteiger partial charge in [-0.15, -0.1) is 0 Å². The Morgan fingerprint density at radius 1 is 0.278 bits per heavy atom. The first-order chi connectivity index (χ1) is 44.4. The van der Waals surface area contributed by atoms with E-state index in [0.29, 0.717) is 0 Å². The van der Waals surface area contributed by atoms with Gasteiger partial charge in [0, 0.05) is 38.0 Å². The molecule has 1 aliphatic rings. The van der Waals surface area contributed by atoms with Crippen LogP contribution in [0.4, 0.5) is 0 Å². The Hall–Kier alpha value is -11.3. The fourth-order valence-corrected chi connectivity index (χ4v) is 15.6. The predicted molar refractivity (Wildman–Crippen MR) is 386 cm³/mol. The van der Waals surface area contributed by atoms with Crippen molar-refractivity contribution in [3.05, 3.63) is 320 Å². The molecule has 2 aromatic heterocycles. The zero-order chi connectivity index (χ0) is 59.8. The summed E-state index contributed by atoms with van der Waals surface area (Å²) in [6.07, 6.45) is 8.53. The monoisotopic (exact) mass is 1140 g/mol. The van der Waals surface area contributed by atoms with E-state index < -0.39 is 0 Å². The molecule has 90 heavy (non-hydrogen) atoms. The summed E-state index contributed by atoms with van der Waals surface area (Å²) in [5, 5.41) is 17.5. The third kappa shape index (κ3) is 7.84. The summed E-state index contributed by atoms with van der Waals surface area (Å²) in [6.45, 7) is 6.89. The van der Waals surface area contributed by atoms with Crippen LogP contribution in [0, 0.1) is 0 Å². The van der Waals surface area contributed by atoms with Crippen molar-refractivity contribution in [3.8, 4) is 67.0 Å². The first kappa shape index (κ1) is 51.9. The molecule has 0 saturated heterocycles. The van der Waals surface area contributed by atoms with Gasteiger partial charge in [-0.2, -0.15) is 0 Å². The lowest BCUT2D eigenvalue weighted by Gasteiger charge is -2.23. The molecule has 0 bridgehead atoms. The molecule has 2 heterocycles. The summed E-state index contributed by atoms with van der Waals surface area (Å²) < 4.78 is 4.92. The van der Waals surface area contributed by atoms with E-state index in [-0.39, 0.29) is 5.41 Å². The van der Waals surface area contributed by atoms with Crippen molar-refractivity contribution in [1.82, 2.24) is 9.13 Å². The predicted octanol–water partition coefficient (Wildman–Crippen LogP) is 24.2. The maximum absolute atomic E-state index is 2.48. The Bertz CT molecular complexity index is 5960. The average Bonchev–Trinajstić information content (AvgIpc) is 1.57. The highest BCUT2D eigenvalue weighted by Gasteiger charge is 2.36. The van der Waals surface area contributed by atoms with Crippen LogP contribution in [0.1, 0.15) is 37.5 Å². The molecule has 0 radical (unpaired) electrons. The smallest absolute Gasteiger partial charge is 0.0546 e. The number of nitrogens with zero attached hydrogens (tertiary/aromatic N) is 2. The Labute approximate surface area is 522 Å². The fourth-order valence-electron chi connectivity index (χ4n) is 15.6. The van der Waals surface area contributed by atoms with Gasteiger partial charge in [0.05, 0.1) is 27.8 Å². The van der Waals surface area contributed by atoms with Crippen molar-refractivity contribution in [1.29, 1.82) is 0 Å². The van der Waals surface area contributed by atoms with E-state index in [1.54, 1.807) is 0 Å². The standard InChI is InChI=1S/C88H60N2/c1-4-5-6-21-55-48-62(49-56-22-7-9-24-63(55)56)89-83-34-19-17-32-77(83)79-50-58(38-46-85(79)89)65-42-44-67(71-28-13-11-26-69(65)71)60-36-40-74-75-41-37-61(53-82(75)88(2,3)81(74)52-60)68-45-43-66(70-27-12-14-29-72(68)70)59-39-47-86-80(51-59)78-33-18-20-35-84(78)90(86)87-54-57-23-8-10-25-64(57)73-30-15-16-31-76(73)87/h4-54H,1-3H3/b5-4-,21-6-. The zero-order valence-electron chi connectivity index (χ0n) is 50.3. The molecular formula is C88H60N2. The number of hydrogen-bond acceptors (Lipinski definition) is 0. The number of hydrogen-bond donors (Lipinski definition) is 0. The first-order valence-corrected chi connectivity index (χ1v) is 31.5. The van der Waals surface area contributed by atoms with Gasteiger partial charge in [0.2, 0.25) is 0 Å². The van der Waals surface area contributed by atoms with Gasteiger partial charge >= 0.3 is 0 Å². The van der Waals surface area contributed by atoms with Crippen LogP contribution in [0.3, 0.4) is 0 Å². The van der Waals surface area contributed by atoms with Crippen LogP contribution >= 0.6 is 0 Å². The van der Waals surface area contributed by atoms with Gasteiger partial charge in [-0.05, 0) is 194 Å². The molecule has 0 aliphatic heterocycles. The molecule has 1 aliphatic carbocycles. The number of allylic oxidation sites excluding steroid dienone is 3. The molecule has 18 rings (SSSR count). The summed E-state index contributed by atoms with van der Waals surface area (Å²) in [6, 6.07) is 107. The van der Waals surface area contributed by atoms with Crippen LogP contribution in [-0.4, -0.2) is 9.13 Å². The van der Waals surface area contributed by atoms with E-state index >= 15 is 0 Å². The van der Waals surface area contributed by atoms with Gasteiger partial charge in [-0.25, -0.2) is 0 Å². The SMILES string of the molecule is C/C=C\C=C/c1cc(-n2c3ccccc3c3cc(-c4ccc(-c5ccc6c(c5)C(C)(C)c5cc(-c7ccc(-c8ccc9c(c8)c8ccccc8n9-c8cc9ccccc9c9ccccc89)c8ccccc78)ccc5-6)c5ccccc45)ccc32)cc2ccccc12. The van der Waals surface area contributed by atoms with Crippen LogP contribution in [0.15, 0.2) is 303 Å². The van der Waals surface area contributed by atoms with Crippen LogP contribution in [-0.2, 0) is 5.41 Å². The molecule has 0 fully saturated rings. The largest absolute Gasteiger partial charge is 0.309 e. The minimum absolute atomic E-state index is 0.234. The van der Waals surface area contributed by atoms with Crippen LogP contribution in [0.25, 0.3) is 171 Å². The lowest BCUT2D eigenvalue weighted by atomic mass is 9.80. The molecule has 0 atom stereocenters. The average molecular weight is 1150 g/mol. The zero-order valence-corrected chi connectivity index (χ0v) is 50.3. The molecule has 0 amide bonds. The normalized spacial score (nSPS) is 13.1. The van der Waals surface area contributed by atoms with Crippen molar-refractivity contribution in [2.75, 3.05) is 0 Å². The number of rotatable bonds is 8. The summed E-state index contributed by atoms with van der Waals surface area (Å²) in [4.78, 5) is 0. The maximum Gasteiger partial charge on any atom is 0.0546 e. The van der Waals surface area contributed by atoms with Crippen LogP contribution in [0.2, 0.25) is 0 Å². The van der Waals surface area contributed by atoms with Gasteiger partial charge in [-0.1, -0.05) is 257 Å². The lowest BCUT2D eigenvalue weighted by molar-refractivity contribution is 0.661. The third-order valence-corrected chi connectivity index (χ3v) is 19.8. The number of benzene rings is 15. The van der Waals surface area contributed by atoms with E-state index in [4.69, 9.17) is 0 Å². The molecule has 0 unspecified atom stereocenters.